The minimum Gasteiger partial charge on any atom is -0.381 e. The third kappa shape index (κ3) is 2.78. The standard InChI is InChI=1S/C16H27NO3/c17-11-13-2-1-3-14(13)15(18)12-4-7-20-16(10-12)5-8-19-9-6-16/h12-14H,1-11,17H2. The molecule has 3 rings (SSSR count). The van der Waals surface area contributed by atoms with Gasteiger partial charge in [-0.05, 0) is 51.0 Å². The zero-order chi connectivity index (χ0) is 14.0. The van der Waals surface area contributed by atoms with Gasteiger partial charge in [0.15, 0.2) is 0 Å². The predicted octanol–water partition coefficient (Wildman–Crippen LogP) is 1.91. The first kappa shape index (κ1) is 14.5. The van der Waals surface area contributed by atoms with Crippen LogP contribution in [-0.2, 0) is 14.3 Å². The number of rotatable bonds is 3. The number of hydrogen-bond donors (Lipinski definition) is 1. The van der Waals surface area contributed by atoms with Crippen LogP contribution in [-0.4, -0.2) is 37.7 Å². The number of hydrogen-bond acceptors (Lipinski definition) is 4. The van der Waals surface area contributed by atoms with Gasteiger partial charge in [0, 0.05) is 31.7 Å². The van der Waals surface area contributed by atoms with Crippen LogP contribution in [0.3, 0.4) is 0 Å². The van der Waals surface area contributed by atoms with Gasteiger partial charge in [-0.2, -0.15) is 0 Å². The van der Waals surface area contributed by atoms with Gasteiger partial charge in [-0.1, -0.05) is 6.42 Å². The first-order valence-corrected chi connectivity index (χ1v) is 8.20. The Hall–Kier alpha value is -0.450. The molecular formula is C16H27NO3. The summed E-state index contributed by atoms with van der Waals surface area (Å²) in [5.41, 5.74) is 5.76. The van der Waals surface area contributed by atoms with Crippen LogP contribution in [0.1, 0.15) is 44.9 Å². The van der Waals surface area contributed by atoms with Gasteiger partial charge in [-0.15, -0.1) is 0 Å². The Labute approximate surface area is 121 Å². The van der Waals surface area contributed by atoms with Crippen LogP contribution in [0.4, 0.5) is 0 Å². The summed E-state index contributed by atoms with van der Waals surface area (Å²) in [6.45, 7) is 2.94. The van der Waals surface area contributed by atoms with Gasteiger partial charge in [0.2, 0.25) is 0 Å². The summed E-state index contributed by atoms with van der Waals surface area (Å²) >= 11 is 0. The molecule has 3 atom stereocenters. The number of ether oxygens (including phenoxy) is 2. The number of Topliss-reactive ketones (excluding diaryl/α,β-unsaturated/α-hetero) is 1. The maximum absolute atomic E-state index is 12.9. The summed E-state index contributed by atoms with van der Waals surface area (Å²) in [7, 11) is 0. The van der Waals surface area contributed by atoms with E-state index >= 15 is 0 Å². The number of carbonyl (C=O) groups excluding carboxylic acids is 1. The lowest BCUT2D eigenvalue weighted by Gasteiger charge is -2.43. The van der Waals surface area contributed by atoms with Crippen LogP contribution >= 0.6 is 0 Å². The van der Waals surface area contributed by atoms with Crippen molar-refractivity contribution in [3.05, 3.63) is 0 Å². The van der Waals surface area contributed by atoms with Crippen molar-refractivity contribution in [2.75, 3.05) is 26.4 Å². The highest BCUT2D eigenvalue weighted by Gasteiger charge is 2.44. The van der Waals surface area contributed by atoms with E-state index in [1.54, 1.807) is 0 Å². The number of nitrogens with two attached hydrogens (primary N) is 1. The zero-order valence-corrected chi connectivity index (χ0v) is 12.3. The zero-order valence-electron chi connectivity index (χ0n) is 12.3. The van der Waals surface area contributed by atoms with Crippen LogP contribution in [0.2, 0.25) is 0 Å². The summed E-state index contributed by atoms with van der Waals surface area (Å²) in [6.07, 6.45) is 7.05. The van der Waals surface area contributed by atoms with Crippen molar-refractivity contribution >= 4 is 5.78 Å². The summed E-state index contributed by atoms with van der Waals surface area (Å²) in [5, 5.41) is 0. The molecule has 0 aromatic carbocycles. The minimum absolute atomic E-state index is 0.0758. The molecule has 1 saturated carbocycles. The molecule has 2 heterocycles. The maximum atomic E-state index is 12.9. The molecule has 2 N–H and O–H groups in total. The number of carbonyl (C=O) groups is 1. The lowest BCUT2D eigenvalue weighted by atomic mass is 9.75. The molecule has 4 heteroatoms. The Morgan fingerprint density at radius 3 is 2.70 bits per heavy atom. The molecule has 0 aromatic heterocycles. The van der Waals surface area contributed by atoms with Crippen molar-refractivity contribution in [3.63, 3.8) is 0 Å². The third-order valence-corrected chi connectivity index (χ3v) is 5.63. The van der Waals surface area contributed by atoms with Crippen molar-refractivity contribution < 1.29 is 14.3 Å². The summed E-state index contributed by atoms with van der Waals surface area (Å²) in [4.78, 5) is 12.9. The van der Waals surface area contributed by atoms with E-state index in [0.29, 0.717) is 18.2 Å². The fourth-order valence-corrected chi connectivity index (χ4v) is 4.36. The lowest BCUT2D eigenvalue weighted by molar-refractivity contribution is -0.159. The van der Waals surface area contributed by atoms with E-state index < -0.39 is 0 Å². The van der Waals surface area contributed by atoms with Gasteiger partial charge in [0.25, 0.3) is 0 Å². The van der Waals surface area contributed by atoms with Crippen LogP contribution in [0.25, 0.3) is 0 Å². The van der Waals surface area contributed by atoms with E-state index in [1.807, 2.05) is 0 Å². The molecule has 0 aromatic rings. The minimum atomic E-state index is -0.0758. The van der Waals surface area contributed by atoms with Gasteiger partial charge >= 0.3 is 0 Å². The molecule has 0 amide bonds. The molecule has 114 valence electrons. The molecule has 1 aliphatic carbocycles. The molecule has 3 unspecified atom stereocenters. The molecule has 2 aliphatic heterocycles. The van der Waals surface area contributed by atoms with Crippen molar-refractivity contribution in [2.45, 2.75) is 50.5 Å². The topological polar surface area (TPSA) is 61.6 Å². The summed E-state index contributed by atoms with van der Waals surface area (Å²) in [5.74, 6) is 1.32. The molecule has 2 saturated heterocycles. The molecule has 4 nitrogen and oxygen atoms in total. The van der Waals surface area contributed by atoms with E-state index in [1.165, 1.54) is 6.42 Å². The van der Waals surface area contributed by atoms with E-state index in [9.17, 15) is 4.79 Å². The Morgan fingerprint density at radius 2 is 1.95 bits per heavy atom. The Morgan fingerprint density at radius 1 is 1.15 bits per heavy atom. The van der Waals surface area contributed by atoms with Crippen molar-refractivity contribution in [1.82, 2.24) is 0 Å². The summed E-state index contributed by atoms with van der Waals surface area (Å²) in [6, 6.07) is 0. The first-order chi connectivity index (χ1) is 9.74. The highest BCUT2D eigenvalue weighted by atomic mass is 16.5. The average molecular weight is 281 g/mol. The van der Waals surface area contributed by atoms with Gasteiger partial charge in [-0.3, -0.25) is 4.79 Å². The van der Waals surface area contributed by atoms with Gasteiger partial charge in [0.05, 0.1) is 5.60 Å². The molecule has 1 spiro atoms. The average Bonchev–Trinajstić information content (AvgIpc) is 2.96. The van der Waals surface area contributed by atoms with Gasteiger partial charge in [-0.25, -0.2) is 0 Å². The quantitative estimate of drug-likeness (QED) is 0.858. The largest absolute Gasteiger partial charge is 0.381 e. The van der Waals surface area contributed by atoms with Crippen molar-refractivity contribution in [2.24, 2.45) is 23.5 Å². The molecular weight excluding hydrogens is 254 g/mol. The van der Waals surface area contributed by atoms with Gasteiger partial charge < -0.3 is 15.2 Å². The normalized spacial score (nSPS) is 37.1. The van der Waals surface area contributed by atoms with Crippen molar-refractivity contribution in [3.8, 4) is 0 Å². The SMILES string of the molecule is NCC1CCCC1C(=O)C1CCOC2(CCOCC2)C1. The first-order valence-electron chi connectivity index (χ1n) is 8.20. The molecule has 3 aliphatic rings. The third-order valence-electron chi connectivity index (χ3n) is 5.63. The van der Waals surface area contributed by atoms with Crippen LogP contribution in [0.5, 0.6) is 0 Å². The van der Waals surface area contributed by atoms with E-state index in [2.05, 4.69) is 0 Å². The fourth-order valence-electron chi connectivity index (χ4n) is 4.36. The molecule has 20 heavy (non-hydrogen) atoms. The Bertz CT molecular complexity index is 346. The van der Waals surface area contributed by atoms with E-state index in [4.69, 9.17) is 15.2 Å². The monoisotopic (exact) mass is 281 g/mol. The molecule has 3 fully saturated rings. The maximum Gasteiger partial charge on any atom is 0.139 e. The fraction of sp³-hybridized carbons (Fsp3) is 0.938. The molecule has 0 radical (unpaired) electrons. The second-order valence-electron chi connectivity index (χ2n) is 6.77. The lowest BCUT2D eigenvalue weighted by Crippen LogP contribution is -2.47. The smallest absolute Gasteiger partial charge is 0.139 e. The second kappa shape index (κ2) is 6.12. The van der Waals surface area contributed by atoms with E-state index in [0.717, 1.165) is 58.3 Å². The van der Waals surface area contributed by atoms with Crippen LogP contribution in [0.15, 0.2) is 0 Å². The van der Waals surface area contributed by atoms with Crippen molar-refractivity contribution in [1.29, 1.82) is 0 Å². The predicted molar refractivity (Wildman–Crippen MR) is 76.4 cm³/mol. The second-order valence-corrected chi connectivity index (χ2v) is 6.77. The van der Waals surface area contributed by atoms with Crippen LogP contribution < -0.4 is 5.73 Å². The van der Waals surface area contributed by atoms with Crippen LogP contribution in [0, 0.1) is 17.8 Å². The van der Waals surface area contributed by atoms with Gasteiger partial charge in [0.1, 0.15) is 5.78 Å². The Balaban J connectivity index is 1.65. The highest BCUT2D eigenvalue weighted by molar-refractivity contribution is 5.84. The summed E-state index contributed by atoms with van der Waals surface area (Å²) < 4.78 is 11.5. The highest BCUT2D eigenvalue weighted by Crippen LogP contribution is 2.41. The van der Waals surface area contributed by atoms with E-state index in [-0.39, 0.29) is 17.4 Å². The number of ketones is 1. The Kier molecular flexibility index (Phi) is 4.43. The molecule has 0 bridgehead atoms.